The quantitative estimate of drug-likeness (QED) is 0.728. The van der Waals surface area contributed by atoms with E-state index in [9.17, 15) is 4.79 Å². The van der Waals surface area contributed by atoms with E-state index in [-0.39, 0.29) is 5.78 Å². The first-order valence-corrected chi connectivity index (χ1v) is 5.55. The summed E-state index contributed by atoms with van der Waals surface area (Å²) in [4.78, 5) is 16.8. The number of nitrogens with zero attached hydrogens (tertiary/aromatic N) is 1. The number of aromatic amines is 1. The van der Waals surface area contributed by atoms with Gasteiger partial charge in [-0.2, -0.15) is 0 Å². The van der Waals surface area contributed by atoms with Gasteiger partial charge < -0.3 is 4.98 Å². The molecule has 0 bridgehead atoms. The molecule has 0 unspecified atom stereocenters. The minimum atomic E-state index is 0.161. The second-order valence-electron chi connectivity index (χ2n) is 3.89. The highest BCUT2D eigenvalue weighted by molar-refractivity contribution is 5.95. The number of carbonyl (C=O) groups is 1. The summed E-state index contributed by atoms with van der Waals surface area (Å²) >= 11 is 0. The molecule has 0 aliphatic carbocycles. The molecule has 0 aromatic carbocycles. The summed E-state index contributed by atoms with van der Waals surface area (Å²) in [6.45, 7) is 4.81. The number of H-pyrrole nitrogens is 1. The Hall–Kier alpha value is -1.09. The van der Waals surface area contributed by atoms with Gasteiger partial charge in [-0.25, -0.2) is 0 Å². The van der Waals surface area contributed by atoms with E-state index in [1.54, 1.807) is 6.20 Å². The minimum absolute atomic E-state index is 0.161. The Labute approximate surface area is 91.5 Å². The van der Waals surface area contributed by atoms with Gasteiger partial charge in [0.05, 0.1) is 12.2 Å². The van der Waals surface area contributed by atoms with Crippen LogP contribution in [-0.4, -0.2) is 35.3 Å². The summed E-state index contributed by atoms with van der Waals surface area (Å²) in [5.74, 6) is 0.161. The normalized spacial score (nSPS) is 11.3. The van der Waals surface area contributed by atoms with Crippen molar-refractivity contribution in [2.45, 2.75) is 32.7 Å². The fraction of sp³-hybridized carbons (Fsp3) is 0.583. The van der Waals surface area contributed by atoms with E-state index < -0.39 is 0 Å². The van der Waals surface area contributed by atoms with E-state index in [0.717, 1.165) is 12.8 Å². The van der Waals surface area contributed by atoms with E-state index in [1.807, 2.05) is 19.2 Å². The van der Waals surface area contributed by atoms with Gasteiger partial charge in [0.25, 0.3) is 0 Å². The van der Waals surface area contributed by atoms with E-state index in [0.29, 0.717) is 18.3 Å². The molecular formula is C12H20N2O. The number of hydrogen-bond donors (Lipinski definition) is 1. The zero-order chi connectivity index (χ0) is 11.3. The Balaban J connectivity index is 2.51. The van der Waals surface area contributed by atoms with Crippen LogP contribution in [0.2, 0.25) is 0 Å². The van der Waals surface area contributed by atoms with Crippen LogP contribution < -0.4 is 0 Å². The lowest BCUT2D eigenvalue weighted by Gasteiger charge is -2.24. The first-order valence-electron chi connectivity index (χ1n) is 5.55. The number of hydrogen-bond acceptors (Lipinski definition) is 2. The van der Waals surface area contributed by atoms with Crippen LogP contribution in [0, 0.1) is 0 Å². The molecule has 3 nitrogen and oxygen atoms in total. The largest absolute Gasteiger partial charge is 0.359 e. The predicted octanol–water partition coefficient (Wildman–Crippen LogP) is 2.32. The molecule has 0 amide bonds. The SMILES string of the molecule is CCC(CC)N(C)CC(=O)c1ccc[nH]1. The number of aromatic nitrogens is 1. The second-order valence-corrected chi connectivity index (χ2v) is 3.89. The van der Waals surface area contributed by atoms with Crippen LogP contribution in [0.4, 0.5) is 0 Å². The van der Waals surface area contributed by atoms with Gasteiger partial charge in [0.15, 0.2) is 5.78 Å². The highest BCUT2D eigenvalue weighted by Crippen LogP contribution is 2.07. The number of carbonyl (C=O) groups excluding carboxylic acids is 1. The van der Waals surface area contributed by atoms with Gasteiger partial charge in [0.1, 0.15) is 0 Å². The van der Waals surface area contributed by atoms with Crippen molar-refractivity contribution in [3.05, 3.63) is 24.0 Å². The van der Waals surface area contributed by atoms with Gasteiger partial charge in [-0.05, 0) is 32.0 Å². The van der Waals surface area contributed by atoms with Crippen LogP contribution in [0.5, 0.6) is 0 Å². The van der Waals surface area contributed by atoms with Crippen LogP contribution in [0.15, 0.2) is 18.3 Å². The summed E-state index contributed by atoms with van der Waals surface area (Å²) < 4.78 is 0. The first-order chi connectivity index (χ1) is 7.19. The average molecular weight is 208 g/mol. The third kappa shape index (κ3) is 3.20. The predicted molar refractivity (Wildman–Crippen MR) is 62.1 cm³/mol. The molecule has 0 radical (unpaired) electrons. The lowest BCUT2D eigenvalue weighted by atomic mass is 10.1. The number of nitrogens with one attached hydrogen (secondary N) is 1. The molecule has 1 aromatic heterocycles. The Morgan fingerprint density at radius 1 is 1.47 bits per heavy atom. The van der Waals surface area contributed by atoms with Crippen molar-refractivity contribution in [2.24, 2.45) is 0 Å². The molecule has 0 saturated carbocycles. The molecule has 1 rings (SSSR count). The van der Waals surface area contributed by atoms with E-state index in [1.165, 1.54) is 0 Å². The van der Waals surface area contributed by atoms with Crippen molar-refractivity contribution in [1.82, 2.24) is 9.88 Å². The molecule has 84 valence electrons. The minimum Gasteiger partial charge on any atom is -0.359 e. The Kier molecular flexibility index (Phi) is 4.56. The van der Waals surface area contributed by atoms with Crippen molar-refractivity contribution >= 4 is 5.78 Å². The molecular weight excluding hydrogens is 188 g/mol. The molecule has 1 N–H and O–H groups in total. The number of rotatable bonds is 6. The van der Waals surface area contributed by atoms with Crippen molar-refractivity contribution in [1.29, 1.82) is 0 Å². The van der Waals surface area contributed by atoms with Crippen molar-refractivity contribution in [2.75, 3.05) is 13.6 Å². The number of Topliss-reactive ketones (excluding diaryl/α,β-unsaturated/α-hetero) is 1. The standard InChI is InChI=1S/C12H20N2O/c1-4-10(5-2)14(3)9-12(15)11-7-6-8-13-11/h6-8,10,13H,4-5,9H2,1-3H3. The molecule has 0 fully saturated rings. The fourth-order valence-electron chi connectivity index (χ4n) is 1.86. The van der Waals surface area contributed by atoms with Gasteiger partial charge in [0, 0.05) is 12.2 Å². The number of ketones is 1. The summed E-state index contributed by atoms with van der Waals surface area (Å²) in [7, 11) is 2.01. The highest BCUT2D eigenvalue weighted by atomic mass is 16.1. The summed E-state index contributed by atoms with van der Waals surface area (Å²) in [5.41, 5.74) is 0.702. The maximum absolute atomic E-state index is 11.8. The van der Waals surface area contributed by atoms with Crippen LogP contribution in [0.3, 0.4) is 0 Å². The Morgan fingerprint density at radius 2 is 2.13 bits per heavy atom. The van der Waals surface area contributed by atoms with Gasteiger partial charge in [0.2, 0.25) is 0 Å². The molecule has 0 aliphatic rings. The van der Waals surface area contributed by atoms with Gasteiger partial charge in [-0.3, -0.25) is 9.69 Å². The van der Waals surface area contributed by atoms with Gasteiger partial charge >= 0.3 is 0 Å². The highest BCUT2D eigenvalue weighted by Gasteiger charge is 2.15. The van der Waals surface area contributed by atoms with Gasteiger partial charge in [-0.15, -0.1) is 0 Å². The van der Waals surface area contributed by atoms with Crippen LogP contribution in [0.1, 0.15) is 37.2 Å². The molecule has 0 aliphatic heterocycles. The molecule has 0 spiro atoms. The summed E-state index contributed by atoms with van der Waals surface area (Å²) in [6.07, 6.45) is 3.96. The summed E-state index contributed by atoms with van der Waals surface area (Å²) in [6, 6.07) is 4.18. The second kappa shape index (κ2) is 5.71. The van der Waals surface area contributed by atoms with E-state index in [2.05, 4.69) is 23.7 Å². The maximum Gasteiger partial charge on any atom is 0.192 e. The fourth-order valence-corrected chi connectivity index (χ4v) is 1.86. The monoisotopic (exact) mass is 208 g/mol. The average Bonchev–Trinajstić information content (AvgIpc) is 2.72. The van der Waals surface area contributed by atoms with Crippen molar-refractivity contribution < 1.29 is 4.79 Å². The molecule has 3 heteroatoms. The van der Waals surface area contributed by atoms with E-state index >= 15 is 0 Å². The molecule has 0 saturated heterocycles. The number of likely N-dealkylation sites (N-methyl/N-ethyl adjacent to an activating group) is 1. The van der Waals surface area contributed by atoms with Crippen molar-refractivity contribution in [3.8, 4) is 0 Å². The zero-order valence-electron chi connectivity index (χ0n) is 9.79. The van der Waals surface area contributed by atoms with Crippen LogP contribution in [0.25, 0.3) is 0 Å². The topological polar surface area (TPSA) is 36.1 Å². The molecule has 1 heterocycles. The first kappa shape index (κ1) is 12.0. The Morgan fingerprint density at radius 3 is 2.60 bits per heavy atom. The van der Waals surface area contributed by atoms with Crippen molar-refractivity contribution in [3.63, 3.8) is 0 Å². The maximum atomic E-state index is 11.8. The van der Waals surface area contributed by atoms with Crippen LogP contribution >= 0.6 is 0 Å². The lowest BCUT2D eigenvalue weighted by Crippen LogP contribution is -2.35. The lowest BCUT2D eigenvalue weighted by molar-refractivity contribution is 0.0911. The zero-order valence-corrected chi connectivity index (χ0v) is 9.79. The summed E-state index contributed by atoms with van der Waals surface area (Å²) in [5, 5.41) is 0. The van der Waals surface area contributed by atoms with Gasteiger partial charge in [-0.1, -0.05) is 13.8 Å². The Bertz CT molecular complexity index is 289. The van der Waals surface area contributed by atoms with Crippen LogP contribution in [-0.2, 0) is 0 Å². The smallest absolute Gasteiger partial charge is 0.192 e. The molecule has 0 atom stereocenters. The third-order valence-corrected chi connectivity index (χ3v) is 2.86. The molecule has 15 heavy (non-hydrogen) atoms. The van der Waals surface area contributed by atoms with E-state index in [4.69, 9.17) is 0 Å². The third-order valence-electron chi connectivity index (χ3n) is 2.86. The molecule has 1 aromatic rings.